The minimum Gasteiger partial charge on any atom is -0.392 e. The second-order valence-corrected chi connectivity index (χ2v) is 7.10. The maximum atomic E-state index is 13.6. The van der Waals surface area contributed by atoms with Gasteiger partial charge in [-0.15, -0.1) is 0 Å². The summed E-state index contributed by atoms with van der Waals surface area (Å²) in [5, 5.41) is 14.4. The van der Waals surface area contributed by atoms with Crippen LogP contribution in [0.3, 0.4) is 0 Å². The molecule has 0 aliphatic carbocycles. The van der Waals surface area contributed by atoms with Crippen LogP contribution in [0.15, 0.2) is 24.3 Å². The van der Waals surface area contributed by atoms with Crippen molar-refractivity contribution in [3.05, 3.63) is 41.7 Å². The molecule has 0 bridgehead atoms. The van der Waals surface area contributed by atoms with Gasteiger partial charge >= 0.3 is 0 Å². The fourth-order valence-electron chi connectivity index (χ4n) is 2.98. The molecule has 3 rings (SSSR count). The molecule has 1 aromatic carbocycles. The van der Waals surface area contributed by atoms with Crippen molar-refractivity contribution < 1.29 is 9.50 Å². The first kappa shape index (κ1) is 17.4. The molecule has 5 nitrogen and oxygen atoms in total. The Kier molecular flexibility index (Phi) is 5.86. The van der Waals surface area contributed by atoms with Crippen LogP contribution in [0.25, 0.3) is 5.69 Å². The molecule has 0 spiro atoms. The third-order valence-electron chi connectivity index (χ3n) is 4.15. The first-order valence-corrected chi connectivity index (χ1v) is 9.65. The molecule has 1 saturated heterocycles. The summed E-state index contributed by atoms with van der Waals surface area (Å²) in [6.07, 6.45) is 4.40. The quantitative estimate of drug-likeness (QED) is 0.866. The molecule has 1 aromatic heterocycles. The van der Waals surface area contributed by atoms with Crippen molar-refractivity contribution in [1.29, 1.82) is 0 Å². The van der Waals surface area contributed by atoms with Crippen LogP contribution in [0, 0.1) is 5.82 Å². The smallest absolute Gasteiger partial charge is 0.152 e. The number of rotatable bonds is 6. The van der Waals surface area contributed by atoms with Crippen LogP contribution in [-0.2, 0) is 13.0 Å². The number of aryl methyl sites for hydroxylation is 1. The molecule has 2 aromatic rings. The fraction of sp³-hybridized carbons (Fsp3) is 0.529. The number of hydrogen-bond acceptors (Lipinski definition) is 5. The number of benzene rings is 1. The average molecular weight is 350 g/mol. The Morgan fingerprint density at radius 2 is 2.29 bits per heavy atom. The predicted molar refractivity (Wildman–Crippen MR) is 93.9 cm³/mol. The normalized spacial score (nSPS) is 18.9. The Balaban J connectivity index is 1.86. The van der Waals surface area contributed by atoms with Crippen LogP contribution in [0.2, 0.25) is 0 Å². The highest BCUT2D eigenvalue weighted by Gasteiger charge is 2.21. The molecular weight excluding hydrogens is 327 g/mol. The van der Waals surface area contributed by atoms with Crippen LogP contribution < -0.4 is 0 Å². The van der Waals surface area contributed by atoms with E-state index in [0.29, 0.717) is 18.8 Å². The molecule has 0 amide bonds. The van der Waals surface area contributed by atoms with E-state index in [2.05, 4.69) is 21.2 Å². The molecule has 1 aliphatic heterocycles. The van der Waals surface area contributed by atoms with Crippen LogP contribution >= 0.6 is 11.8 Å². The van der Waals surface area contributed by atoms with E-state index >= 15 is 0 Å². The molecule has 130 valence electrons. The standard InChI is InChI=1S/C17H23FN4OS/c1-24-9-7-16-19-17(12-21-8-3-6-15(23)11-21)22(20-16)14-5-2-4-13(18)10-14/h2,4-5,10,15,23H,3,6-9,11-12H2,1H3/t15-/m0/s1. The largest absolute Gasteiger partial charge is 0.392 e. The third kappa shape index (κ3) is 4.34. The molecule has 1 atom stereocenters. The number of aliphatic hydroxyl groups is 1. The Morgan fingerprint density at radius 1 is 1.42 bits per heavy atom. The number of thioether (sulfide) groups is 1. The first-order valence-electron chi connectivity index (χ1n) is 8.26. The zero-order chi connectivity index (χ0) is 16.9. The summed E-state index contributed by atoms with van der Waals surface area (Å²) >= 11 is 1.75. The molecule has 0 saturated carbocycles. The first-order chi connectivity index (χ1) is 11.7. The van der Waals surface area contributed by atoms with E-state index in [1.165, 1.54) is 12.1 Å². The van der Waals surface area contributed by atoms with Crippen molar-refractivity contribution in [2.45, 2.75) is 31.9 Å². The zero-order valence-electron chi connectivity index (χ0n) is 13.9. The van der Waals surface area contributed by atoms with Gasteiger partial charge in [0.25, 0.3) is 0 Å². The van der Waals surface area contributed by atoms with Gasteiger partial charge in [-0.1, -0.05) is 6.07 Å². The van der Waals surface area contributed by atoms with Gasteiger partial charge in [-0.25, -0.2) is 14.1 Å². The number of halogens is 1. The van der Waals surface area contributed by atoms with Crippen LogP contribution in [-0.4, -0.2) is 56.0 Å². The van der Waals surface area contributed by atoms with E-state index in [-0.39, 0.29) is 11.9 Å². The summed E-state index contributed by atoms with van der Waals surface area (Å²) in [5.41, 5.74) is 0.686. The lowest BCUT2D eigenvalue weighted by Gasteiger charge is -2.29. The number of piperidine rings is 1. The van der Waals surface area contributed by atoms with Gasteiger partial charge in [-0.05, 0) is 43.8 Å². The SMILES string of the molecule is CSCCc1nc(CN2CCC[C@H](O)C2)n(-c2cccc(F)c2)n1. The fourth-order valence-corrected chi connectivity index (χ4v) is 3.37. The van der Waals surface area contributed by atoms with Gasteiger partial charge in [0.2, 0.25) is 0 Å². The highest BCUT2D eigenvalue weighted by Crippen LogP contribution is 2.17. The average Bonchev–Trinajstić information content (AvgIpc) is 2.96. The molecule has 1 aliphatic rings. The van der Waals surface area contributed by atoms with Gasteiger partial charge in [0.15, 0.2) is 5.82 Å². The number of nitrogens with zero attached hydrogens (tertiary/aromatic N) is 4. The van der Waals surface area contributed by atoms with Gasteiger partial charge in [0.1, 0.15) is 11.6 Å². The summed E-state index contributed by atoms with van der Waals surface area (Å²) in [7, 11) is 0. The lowest BCUT2D eigenvalue weighted by Crippen LogP contribution is -2.38. The van der Waals surface area contributed by atoms with Crippen molar-refractivity contribution >= 4 is 11.8 Å². The number of hydrogen-bond donors (Lipinski definition) is 1. The van der Waals surface area contributed by atoms with Crippen LogP contribution in [0.5, 0.6) is 0 Å². The van der Waals surface area contributed by atoms with E-state index in [1.54, 1.807) is 22.5 Å². The van der Waals surface area contributed by atoms with Crippen LogP contribution in [0.1, 0.15) is 24.5 Å². The van der Waals surface area contributed by atoms with E-state index in [9.17, 15) is 9.50 Å². The Labute approximate surface area is 145 Å². The van der Waals surface area contributed by atoms with E-state index in [4.69, 9.17) is 0 Å². The zero-order valence-corrected chi connectivity index (χ0v) is 14.7. The highest BCUT2D eigenvalue weighted by atomic mass is 32.2. The van der Waals surface area contributed by atoms with Crippen molar-refractivity contribution in [2.75, 3.05) is 25.1 Å². The monoisotopic (exact) mass is 350 g/mol. The van der Waals surface area contributed by atoms with Crippen molar-refractivity contribution in [3.8, 4) is 5.69 Å². The number of aliphatic hydroxyl groups excluding tert-OH is 1. The topological polar surface area (TPSA) is 54.2 Å². The Morgan fingerprint density at radius 3 is 3.04 bits per heavy atom. The predicted octanol–water partition coefficient (Wildman–Crippen LogP) is 2.27. The van der Waals surface area contributed by atoms with Crippen molar-refractivity contribution in [1.82, 2.24) is 19.7 Å². The van der Waals surface area contributed by atoms with E-state index in [0.717, 1.165) is 43.2 Å². The molecule has 2 heterocycles. The summed E-state index contributed by atoms with van der Waals surface area (Å²) in [5.74, 6) is 2.25. The van der Waals surface area contributed by atoms with Gasteiger partial charge in [0.05, 0.1) is 18.3 Å². The molecule has 0 unspecified atom stereocenters. The summed E-state index contributed by atoms with van der Waals surface area (Å²) < 4.78 is 15.3. The van der Waals surface area contributed by atoms with E-state index < -0.39 is 0 Å². The summed E-state index contributed by atoms with van der Waals surface area (Å²) in [6.45, 7) is 2.20. The van der Waals surface area contributed by atoms with Crippen LogP contribution in [0.4, 0.5) is 4.39 Å². The Bertz CT molecular complexity index is 678. The summed E-state index contributed by atoms with van der Waals surface area (Å²) in [4.78, 5) is 6.85. The van der Waals surface area contributed by atoms with E-state index in [1.807, 2.05) is 6.07 Å². The minimum atomic E-state index is -0.284. The molecule has 0 radical (unpaired) electrons. The Hall–Kier alpha value is -1.44. The van der Waals surface area contributed by atoms with Crippen molar-refractivity contribution in [2.24, 2.45) is 0 Å². The van der Waals surface area contributed by atoms with Gasteiger partial charge < -0.3 is 5.11 Å². The van der Waals surface area contributed by atoms with Gasteiger partial charge in [-0.3, -0.25) is 4.90 Å². The van der Waals surface area contributed by atoms with Crippen molar-refractivity contribution in [3.63, 3.8) is 0 Å². The number of β-amino-alcohol motifs (C(OH)–C–C–N with tert-alkyl or cyclic N) is 1. The second kappa shape index (κ2) is 8.09. The third-order valence-corrected chi connectivity index (χ3v) is 4.76. The molecule has 24 heavy (non-hydrogen) atoms. The lowest BCUT2D eigenvalue weighted by molar-refractivity contribution is 0.0651. The lowest BCUT2D eigenvalue weighted by atomic mass is 10.1. The molecule has 7 heteroatoms. The minimum absolute atomic E-state index is 0.278. The number of likely N-dealkylation sites (tertiary alicyclic amines) is 1. The van der Waals surface area contributed by atoms with Gasteiger partial charge in [-0.2, -0.15) is 16.9 Å². The molecular formula is C17H23FN4OS. The maximum Gasteiger partial charge on any atom is 0.152 e. The van der Waals surface area contributed by atoms with Gasteiger partial charge in [0, 0.05) is 18.7 Å². The molecule has 1 N–H and O–H groups in total. The maximum absolute atomic E-state index is 13.6. The summed E-state index contributed by atoms with van der Waals surface area (Å²) in [6, 6.07) is 6.42. The second-order valence-electron chi connectivity index (χ2n) is 6.11. The number of aromatic nitrogens is 3. The molecule has 1 fully saturated rings. The highest BCUT2D eigenvalue weighted by molar-refractivity contribution is 7.98.